The fourth-order valence-electron chi connectivity index (χ4n) is 2.16. The Hall–Kier alpha value is -0.300. The van der Waals surface area contributed by atoms with Crippen molar-refractivity contribution in [3.63, 3.8) is 0 Å². The lowest BCUT2D eigenvalue weighted by molar-refractivity contribution is 0.401. The van der Waals surface area contributed by atoms with Crippen LogP contribution >= 0.6 is 15.9 Å². The SMILES string of the molecule is CC(C)=CC/C(=C\CBr)C(C)(C)CC/C=C(\C)C(C)(C)C. The van der Waals surface area contributed by atoms with E-state index in [1.165, 1.54) is 17.6 Å². The molecule has 0 saturated heterocycles. The maximum atomic E-state index is 3.56. The predicted octanol–water partition coefficient (Wildman–Crippen LogP) is 7.46. The highest BCUT2D eigenvalue weighted by atomic mass is 79.9. The molecule has 0 spiro atoms. The maximum absolute atomic E-state index is 3.56. The molecule has 0 atom stereocenters. The van der Waals surface area contributed by atoms with E-state index in [0.717, 1.165) is 18.2 Å². The first-order chi connectivity index (χ1) is 9.50. The van der Waals surface area contributed by atoms with Gasteiger partial charge in [0.15, 0.2) is 0 Å². The molecule has 0 aromatic carbocycles. The summed E-state index contributed by atoms with van der Waals surface area (Å²) in [7, 11) is 0. The largest absolute Gasteiger partial charge is 0.0883 e. The van der Waals surface area contributed by atoms with Gasteiger partial charge in [-0.3, -0.25) is 0 Å². The summed E-state index contributed by atoms with van der Waals surface area (Å²) >= 11 is 3.56. The summed E-state index contributed by atoms with van der Waals surface area (Å²) in [6.07, 6.45) is 10.5. The molecule has 0 aliphatic rings. The van der Waals surface area contributed by atoms with Gasteiger partial charge < -0.3 is 0 Å². The van der Waals surface area contributed by atoms with Gasteiger partial charge in [-0.25, -0.2) is 0 Å². The molecule has 0 amide bonds. The predicted molar refractivity (Wildman–Crippen MR) is 102 cm³/mol. The van der Waals surface area contributed by atoms with Crippen molar-refractivity contribution in [3.05, 3.63) is 34.9 Å². The summed E-state index contributed by atoms with van der Waals surface area (Å²) < 4.78 is 0. The second-order valence-electron chi connectivity index (χ2n) is 7.93. The highest BCUT2D eigenvalue weighted by Crippen LogP contribution is 2.35. The molecule has 0 aliphatic carbocycles. The molecule has 21 heavy (non-hydrogen) atoms. The molecule has 0 bridgehead atoms. The Morgan fingerprint density at radius 3 is 1.90 bits per heavy atom. The monoisotopic (exact) mass is 354 g/mol. The van der Waals surface area contributed by atoms with Crippen molar-refractivity contribution in [2.75, 3.05) is 5.33 Å². The van der Waals surface area contributed by atoms with Gasteiger partial charge in [-0.15, -0.1) is 0 Å². The van der Waals surface area contributed by atoms with Crippen molar-refractivity contribution >= 4 is 15.9 Å². The van der Waals surface area contributed by atoms with Gasteiger partial charge in [0.1, 0.15) is 0 Å². The van der Waals surface area contributed by atoms with Gasteiger partial charge in [-0.1, -0.05) is 85.5 Å². The fourth-order valence-corrected chi connectivity index (χ4v) is 2.55. The molecule has 0 N–H and O–H groups in total. The Labute approximate surface area is 141 Å². The van der Waals surface area contributed by atoms with Gasteiger partial charge in [0.2, 0.25) is 0 Å². The first kappa shape index (κ1) is 20.7. The molecule has 0 aromatic heterocycles. The Morgan fingerprint density at radius 2 is 1.48 bits per heavy atom. The van der Waals surface area contributed by atoms with E-state index >= 15 is 0 Å². The van der Waals surface area contributed by atoms with Crippen molar-refractivity contribution in [2.45, 2.75) is 74.7 Å². The first-order valence-corrected chi connectivity index (χ1v) is 9.19. The van der Waals surface area contributed by atoms with E-state index in [1.54, 1.807) is 5.57 Å². The summed E-state index contributed by atoms with van der Waals surface area (Å²) in [4.78, 5) is 0. The number of alkyl halides is 1. The molecule has 0 saturated carbocycles. The van der Waals surface area contributed by atoms with Crippen LogP contribution in [0.25, 0.3) is 0 Å². The lowest BCUT2D eigenvalue weighted by Gasteiger charge is -2.28. The Morgan fingerprint density at radius 1 is 0.905 bits per heavy atom. The van der Waals surface area contributed by atoms with Crippen LogP contribution in [-0.4, -0.2) is 5.33 Å². The summed E-state index contributed by atoms with van der Waals surface area (Å²) in [5.74, 6) is 0. The molecule has 0 unspecified atom stereocenters. The summed E-state index contributed by atoms with van der Waals surface area (Å²) in [6, 6.07) is 0. The van der Waals surface area contributed by atoms with Crippen LogP contribution < -0.4 is 0 Å². The highest BCUT2D eigenvalue weighted by Gasteiger charge is 2.22. The smallest absolute Gasteiger partial charge is 0.0215 e. The van der Waals surface area contributed by atoms with Crippen LogP contribution in [-0.2, 0) is 0 Å². The summed E-state index contributed by atoms with van der Waals surface area (Å²) in [5, 5.41) is 0.944. The van der Waals surface area contributed by atoms with Gasteiger partial charge in [0.25, 0.3) is 0 Å². The Balaban J connectivity index is 4.85. The zero-order chi connectivity index (χ0) is 16.7. The Kier molecular flexibility index (Phi) is 8.85. The van der Waals surface area contributed by atoms with Crippen molar-refractivity contribution in [3.8, 4) is 0 Å². The van der Waals surface area contributed by atoms with Crippen molar-refractivity contribution in [2.24, 2.45) is 10.8 Å². The molecule has 0 radical (unpaired) electrons. The first-order valence-electron chi connectivity index (χ1n) is 8.07. The van der Waals surface area contributed by atoms with Crippen LogP contribution in [0.15, 0.2) is 34.9 Å². The number of allylic oxidation sites excluding steroid dienone is 6. The number of halogens is 1. The molecule has 122 valence electrons. The average molecular weight is 355 g/mol. The van der Waals surface area contributed by atoms with Crippen LogP contribution in [0.1, 0.15) is 74.7 Å². The molecule has 0 aliphatic heterocycles. The van der Waals surface area contributed by atoms with Gasteiger partial charge in [-0.2, -0.15) is 0 Å². The van der Waals surface area contributed by atoms with E-state index in [-0.39, 0.29) is 5.41 Å². The van der Waals surface area contributed by atoms with E-state index in [4.69, 9.17) is 0 Å². The molecule has 0 fully saturated rings. The second-order valence-corrected chi connectivity index (χ2v) is 8.58. The third-order valence-electron chi connectivity index (χ3n) is 4.33. The third-order valence-corrected chi connectivity index (χ3v) is 4.65. The van der Waals surface area contributed by atoms with Crippen LogP contribution in [0.5, 0.6) is 0 Å². The van der Waals surface area contributed by atoms with Crippen LogP contribution in [0.2, 0.25) is 0 Å². The van der Waals surface area contributed by atoms with E-state index in [2.05, 4.69) is 89.5 Å². The molecule has 0 rings (SSSR count). The van der Waals surface area contributed by atoms with E-state index in [9.17, 15) is 0 Å². The lowest BCUT2D eigenvalue weighted by Crippen LogP contribution is -2.15. The van der Waals surface area contributed by atoms with Gasteiger partial charge in [-0.05, 0) is 50.9 Å². The van der Waals surface area contributed by atoms with Crippen LogP contribution in [0.4, 0.5) is 0 Å². The zero-order valence-corrected chi connectivity index (χ0v) is 17.0. The van der Waals surface area contributed by atoms with Crippen molar-refractivity contribution in [1.29, 1.82) is 0 Å². The molecular formula is C20H35Br. The van der Waals surface area contributed by atoms with E-state index in [1.807, 2.05) is 0 Å². The molecule has 0 heterocycles. The van der Waals surface area contributed by atoms with Crippen molar-refractivity contribution in [1.82, 2.24) is 0 Å². The normalized spacial score (nSPS) is 14.3. The van der Waals surface area contributed by atoms with E-state index < -0.39 is 0 Å². The second kappa shape index (κ2) is 8.98. The Bertz CT molecular complexity index is 396. The highest BCUT2D eigenvalue weighted by molar-refractivity contribution is 9.09. The molecule has 0 aromatic rings. The minimum absolute atomic E-state index is 0.258. The summed E-state index contributed by atoms with van der Waals surface area (Å²) in [5.41, 5.74) is 4.99. The lowest BCUT2D eigenvalue weighted by atomic mass is 9.77. The number of hydrogen-bond donors (Lipinski definition) is 0. The molecule has 1 heteroatoms. The fraction of sp³-hybridized carbons (Fsp3) is 0.700. The topological polar surface area (TPSA) is 0 Å². The minimum atomic E-state index is 0.258. The van der Waals surface area contributed by atoms with Gasteiger partial charge in [0.05, 0.1) is 0 Å². The number of hydrogen-bond acceptors (Lipinski definition) is 0. The zero-order valence-electron chi connectivity index (χ0n) is 15.4. The summed E-state index contributed by atoms with van der Waals surface area (Å²) in [6.45, 7) is 18.2. The average Bonchev–Trinajstić information content (AvgIpc) is 2.32. The maximum Gasteiger partial charge on any atom is 0.0215 e. The van der Waals surface area contributed by atoms with Crippen LogP contribution in [0, 0.1) is 10.8 Å². The molecular weight excluding hydrogens is 320 g/mol. The van der Waals surface area contributed by atoms with Crippen LogP contribution in [0.3, 0.4) is 0 Å². The van der Waals surface area contributed by atoms with Crippen molar-refractivity contribution < 1.29 is 0 Å². The van der Waals surface area contributed by atoms with E-state index in [0.29, 0.717) is 5.41 Å². The van der Waals surface area contributed by atoms with Gasteiger partial charge >= 0.3 is 0 Å². The van der Waals surface area contributed by atoms with Gasteiger partial charge in [0, 0.05) is 5.33 Å². The quantitative estimate of drug-likeness (QED) is 0.328. The standard InChI is InChI=1S/C20H35Br/c1-16(2)11-12-18(13-15-21)20(7,8)14-9-10-17(3)19(4,5)6/h10-11,13H,9,12,14-15H2,1-8H3/b17-10+,18-13+. The molecule has 0 nitrogen and oxygen atoms in total. The minimum Gasteiger partial charge on any atom is -0.0883 e. The number of rotatable bonds is 7. The third kappa shape index (κ3) is 8.66.